The number of rotatable bonds is 4. The largest absolute Gasteiger partial charge is 0.574 e. The number of ketones is 1. The average molecular weight is 255 g/mol. The van der Waals surface area contributed by atoms with E-state index in [1.807, 2.05) is 18.2 Å². The molecular weight excluding hydrogens is 243 g/mol. The number of carbonyl (C=O) groups is 2. The highest BCUT2D eigenvalue weighted by Crippen LogP contribution is 2.23. The van der Waals surface area contributed by atoms with E-state index in [0.717, 1.165) is 13.1 Å². The van der Waals surface area contributed by atoms with Gasteiger partial charge in [-0.2, -0.15) is 0 Å². The van der Waals surface area contributed by atoms with Gasteiger partial charge in [-0.05, 0) is 29.8 Å². The molecule has 2 aromatic carbocycles. The van der Waals surface area contributed by atoms with Gasteiger partial charge >= 0.3 is 13.7 Å². The second-order valence-corrected chi connectivity index (χ2v) is 4.00. The van der Waals surface area contributed by atoms with Gasteiger partial charge in [0.1, 0.15) is 0 Å². The second kappa shape index (κ2) is 5.67. The molecule has 0 saturated heterocycles. The Morgan fingerprint density at radius 3 is 2.16 bits per heavy atom. The van der Waals surface area contributed by atoms with Crippen molar-refractivity contribution in [2.75, 3.05) is 7.11 Å². The zero-order valence-electron chi connectivity index (χ0n) is 10.7. The zero-order chi connectivity index (χ0) is 13.8. The molecule has 0 amide bonds. The number of fused-ring (bicyclic) bond motifs is 1. The number of Topliss-reactive ketones (excluding diaryl/α,β-unsaturated/α-hetero) is 1. The van der Waals surface area contributed by atoms with Crippen LogP contribution in [0.5, 0.6) is 0 Å². The highest BCUT2D eigenvalue weighted by Gasteiger charge is 2.15. The number of hydrogen-bond acceptors (Lipinski definition) is 4. The lowest BCUT2D eigenvalue weighted by molar-refractivity contribution is 0.0711. The topological polar surface area (TPSA) is 52.6 Å². The van der Waals surface area contributed by atoms with Crippen LogP contribution in [0.25, 0.3) is 10.8 Å². The van der Waals surface area contributed by atoms with E-state index >= 15 is 0 Å². The molecule has 5 heteroatoms. The van der Waals surface area contributed by atoms with E-state index in [-0.39, 0.29) is 5.78 Å². The normalized spacial score (nSPS) is 10.2. The third-order valence-corrected chi connectivity index (χ3v) is 2.77. The Bertz CT molecular complexity index is 636. The molecule has 4 nitrogen and oxygen atoms in total. The third-order valence-electron chi connectivity index (χ3n) is 2.77. The lowest BCUT2D eigenvalue weighted by Gasteiger charge is -2.09. The summed E-state index contributed by atoms with van der Waals surface area (Å²) in [5.74, 6) is -0.562. The van der Waals surface area contributed by atoms with Crippen LogP contribution in [0.15, 0.2) is 36.4 Å². The minimum absolute atomic E-state index is 0.0421. The summed E-state index contributed by atoms with van der Waals surface area (Å²) in [4.78, 5) is 23.5. The lowest BCUT2D eigenvalue weighted by atomic mass is 9.97. The minimum Gasteiger partial charge on any atom is -0.507 e. The van der Waals surface area contributed by atoms with Crippen molar-refractivity contribution < 1.29 is 18.9 Å². The molecule has 0 fully saturated rings. The second-order valence-electron chi connectivity index (χ2n) is 4.00. The average Bonchev–Trinajstić information content (AvgIpc) is 2.43. The van der Waals surface area contributed by atoms with Crippen LogP contribution in [0.1, 0.15) is 27.6 Å². The summed E-state index contributed by atoms with van der Waals surface area (Å²) in [5.41, 5.74) is 0.983. The van der Waals surface area contributed by atoms with Crippen LogP contribution in [0.2, 0.25) is 0 Å². The maximum absolute atomic E-state index is 11.9. The van der Waals surface area contributed by atoms with Crippen molar-refractivity contribution >= 4 is 30.2 Å². The summed E-state index contributed by atoms with van der Waals surface area (Å²) in [6.45, 7) is 1.50. The van der Waals surface area contributed by atoms with E-state index in [9.17, 15) is 9.59 Å². The SMILES string of the molecule is CO[B]OC(=O)c1ccc(C(C)=O)c2ccccc12. The van der Waals surface area contributed by atoms with E-state index < -0.39 is 5.97 Å². The molecule has 0 heterocycles. The van der Waals surface area contributed by atoms with Gasteiger partial charge < -0.3 is 9.31 Å². The van der Waals surface area contributed by atoms with Gasteiger partial charge in [0.05, 0.1) is 5.56 Å². The molecule has 0 atom stereocenters. The molecule has 0 aliphatic heterocycles. The molecule has 0 saturated carbocycles. The zero-order valence-corrected chi connectivity index (χ0v) is 10.7. The Hall–Kier alpha value is -2.14. The van der Waals surface area contributed by atoms with Gasteiger partial charge in [-0.25, -0.2) is 4.79 Å². The monoisotopic (exact) mass is 255 g/mol. The molecule has 2 rings (SSSR count). The molecule has 0 unspecified atom stereocenters. The van der Waals surface area contributed by atoms with Crippen molar-refractivity contribution in [3.63, 3.8) is 0 Å². The Morgan fingerprint density at radius 1 is 1.00 bits per heavy atom. The molecule has 0 aliphatic rings. The molecule has 0 aromatic heterocycles. The minimum atomic E-state index is -0.520. The summed E-state index contributed by atoms with van der Waals surface area (Å²) < 4.78 is 9.40. The summed E-state index contributed by atoms with van der Waals surface area (Å²) in [5, 5.41) is 1.42. The molecule has 19 heavy (non-hydrogen) atoms. The fraction of sp³-hybridized carbons (Fsp3) is 0.143. The van der Waals surface area contributed by atoms with Crippen LogP contribution >= 0.6 is 0 Å². The van der Waals surface area contributed by atoms with Gasteiger partial charge in [0.15, 0.2) is 5.78 Å². The van der Waals surface area contributed by atoms with Crippen molar-refractivity contribution in [2.24, 2.45) is 0 Å². The first-order chi connectivity index (χ1) is 9.15. The summed E-state index contributed by atoms with van der Waals surface area (Å²) >= 11 is 0. The Balaban J connectivity index is 2.55. The first kappa shape index (κ1) is 13.3. The van der Waals surface area contributed by atoms with Gasteiger partial charge in [0.25, 0.3) is 0 Å². The first-order valence-corrected chi connectivity index (χ1v) is 5.73. The van der Waals surface area contributed by atoms with Crippen molar-refractivity contribution in [1.29, 1.82) is 0 Å². The molecule has 0 spiro atoms. The molecule has 0 aliphatic carbocycles. The summed E-state index contributed by atoms with van der Waals surface area (Å²) in [7, 11) is 2.36. The number of carbonyl (C=O) groups excluding carboxylic acids is 2. The van der Waals surface area contributed by atoms with Crippen molar-refractivity contribution in [3.8, 4) is 0 Å². The first-order valence-electron chi connectivity index (χ1n) is 5.73. The van der Waals surface area contributed by atoms with Crippen LogP contribution in [0.4, 0.5) is 0 Å². The van der Waals surface area contributed by atoms with Crippen molar-refractivity contribution in [1.82, 2.24) is 0 Å². The predicted octanol–water partition coefficient (Wildman–Crippen LogP) is 2.38. The molecule has 1 radical (unpaired) electrons. The highest BCUT2D eigenvalue weighted by molar-refractivity contribution is 6.25. The van der Waals surface area contributed by atoms with E-state index in [1.165, 1.54) is 14.0 Å². The van der Waals surface area contributed by atoms with Gasteiger partial charge in [-0.15, -0.1) is 0 Å². The standard InChI is InChI=1S/C14H12BO4/c1-9(16)10-7-8-13(14(17)19-15-18-2)12-6-4-3-5-11(10)12/h3-8H,1-2H3. The molecular formula is C14H12BO4. The maximum Gasteiger partial charge on any atom is 0.574 e. The number of benzene rings is 2. The fourth-order valence-corrected chi connectivity index (χ4v) is 1.94. The van der Waals surface area contributed by atoms with Gasteiger partial charge in [0.2, 0.25) is 0 Å². The maximum atomic E-state index is 11.9. The van der Waals surface area contributed by atoms with Crippen LogP contribution in [0.3, 0.4) is 0 Å². The van der Waals surface area contributed by atoms with Gasteiger partial charge in [0, 0.05) is 12.7 Å². The highest BCUT2D eigenvalue weighted by atomic mass is 16.6. The lowest BCUT2D eigenvalue weighted by Crippen LogP contribution is -2.11. The van der Waals surface area contributed by atoms with Crippen LogP contribution in [0, 0.1) is 0 Å². The Labute approximate surface area is 111 Å². The summed E-state index contributed by atoms with van der Waals surface area (Å²) in [6.07, 6.45) is 0. The Morgan fingerprint density at radius 2 is 1.58 bits per heavy atom. The molecule has 0 bridgehead atoms. The van der Waals surface area contributed by atoms with Gasteiger partial charge in [-0.1, -0.05) is 24.3 Å². The fourth-order valence-electron chi connectivity index (χ4n) is 1.94. The van der Waals surface area contributed by atoms with Crippen LogP contribution in [-0.4, -0.2) is 26.5 Å². The van der Waals surface area contributed by atoms with Crippen molar-refractivity contribution in [3.05, 3.63) is 47.5 Å². The molecule has 0 N–H and O–H groups in total. The van der Waals surface area contributed by atoms with Crippen LogP contribution < -0.4 is 0 Å². The van der Waals surface area contributed by atoms with Crippen molar-refractivity contribution in [2.45, 2.75) is 6.92 Å². The Kier molecular flexibility index (Phi) is 3.97. The molecule has 2 aromatic rings. The predicted molar refractivity (Wildman–Crippen MR) is 72.1 cm³/mol. The van der Waals surface area contributed by atoms with E-state index in [0.29, 0.717) is 16.5 Å². The summed E-state index contributed by atoms with van der Waals surface area (Å²) in [6, 6.07) is 10.4. The van der Waals surface area contributed by atoms with Crippen LogP contribution in [-0.2, 0) is 9.31 Å². The number of hydrogen-bond donors (Lipinski definition) is 0. The molecule has 95 valence electrons. The van der Waals surface area contributed by atoms with Gasteiger partial charge in [-0.3, -0.25) is 4.79 Å². The van der Waals surface area contributed by atoms with E-state index in [1.54, 1.807) is 18.2 Å². The van der Waals surface area contributed by atoms with E-state index in [2.05, 4.69) is 4.65 Å². The third kappa shape index (κ3) is 2.66. The smallest absolute Gasteiger partial charge is 0.507 e. The van der Waals surface area contributed by atoms with E-state index in [4.69, 9.17) is 4.65 Å². The quantitative estimate of drug-likeness (QED) is 0.621.